The number of alkyl halides is 6. The fraction of sp³-hybridized carbons (Fsp3) is 0.333. The average Bonchev–Trinajstić information content (AvgIpc) is 2.73. The summed E-state index contributed by atoms with van der Waals surface area (Å²) in [5, 5.41) is 0. The molecule has 2 aromatic carbocycles. The van der Waals surface area contributed by atoms with E-state index in [1.54, 1.807) is 0 Å². The summed E-state index contributed by atoms with van der Waals surface area (Å²) < 4.78 is 97.3. The summed E-state index contributed by atoms with van der Waals surface area (Å²) in [5.41, 5.74) is -2.06. The van der Waals surface area contributed by atoms with Crippen molar-refractivity contribution in [2.45, 2.75) is 32.0 Å². The lowest BCUT2D eigenvalue weighted by Crippen LogP contribution is -2.58. The van der Waals surface area contributed by atoms with Crippen molar-refractivity contribution in [3.63, 3.8) is 0 Å². The normalized spacial score (nSPS) is 12.1. The Bertz CT molecular complexity index is 872. The van der Waals surface area contributed by atoms with Gasteiger partial charge in [0, 0.05) is 0 Å². The molecule has 0 aliphatic carbocycles. The largest absolute Gasteiger partial charge is 0.460 e. The Balaban J connectivity index is 2.51. The van der Waals surface area contributed by atoms with Gasteiger partial charge in [0.2, 0.25) is 0 Å². The third-order valence-corrected chi connectivity index (χ3v) is 3.97. The number of benzene rings is 2. The minimum Gasteiger partial charge on any atom is -0.460 e. The maximum atomic E-state index is 12.8. The van der Waals surface area contributed by atoms with E-state index in [1.807, 2.05) is 0 Å². The zero-order valence-corrected chi connectivity index (χ0v) is 17.3. The topological polar surface area (TPSA) is 71.1 Å². The van der Waals surface area contributed by atoms with Crippen LogP contribution in [0.3, 0.4) is 0 Å². The summed E-state index contributed by atoms with van der Waals surface area (Å²) in [6, 6.07) is 5.84. The van der Waals surface area contributed by atoms with Gasteiger partial charge in [-0.15, -0.1) is 0 Å². The molecule has 0 unspecified atom stereocenters. The monoisotopic (exact) mass is 480 g/mol. The van der Waals surface area contributed by atoms with E-state index in [1.165, 1.54) is 13.8 Å². The number of hydrogen-bond acceptors (Lipinski definition) is 6. The smallest absolute Gasteiger partial charge is 0.453 e. The molecule has 0 aliphatic rings. The van der Waals surface area contributed by atoms with Crippen LogP contribution in [0.1, 0.15) is 25.0 Å². The van der Waals surface area contributed by atoms with Gasteiger partial charge in [0.1, 0.15) is 11.5 Å². The summed E-state index contributed by atoms with van der Waals surface area (Å²) in [6.45, 7) is 2.27. The standard InChI is InChI=1S/C21H18F6O6/c1-3-30-17(28)19(18(29)31-4-2,32-15-9-5-13(6-10-15)20(22,23)24)33-16-11-7-14(8-12-16)21(25,26)27/h5-12H,3-4H2,1-2H3. The molecular weight excluding hydrogens is 462 g/mol. The number of esters is 2. The van der Waals surface area contributed by atoms with Gasteiger partial charge in [-0.2, -0.15) is 26.3 Å². The molecule has 0 fully saturated rings. The van der Waals surface area contributed by atoms with Crippen LogP contribution in [0.2, 0.25) is 0 Å². The first-order valence-electron chi connectivity index (χ1n) is 9.40. The first-order valence-corrected chi connectivity index (χ1v) is 9.40. The van der Waals surface area contributed by atoms with E-state index in [9.17, 15) is 35.9 Å². The van der Waals surface area contributed by atoms with E-state index in [0.717, 1.165) is 24.3 Å². The van der Waals surface area contributed by atoms with Crippen molar-refractivity contribution in [3.8, 4) is 11.5 Å². The summed E-state index contributed by atoms with van der Waals surface area (Å²) >= 11 is 0. The van der Waals surface area contributed by atoms with Gasteiger partial charge in [-0.1, -0.05) is 0 Å². The number of ether oxygens (including phenoxy) is 4. The van der Waals surface area contributed by atoms with Crippen LogP contribution < -0.4 is 9.47 Å². The first-order chi connectivity index (χ1) is 15.3. The minimum absolute atomic E-state index is 0.257. The lowest BCUT2D eigenvalue weighted by atomic mass is 10.2. The number of carbonyl (C=O) groups excluding carboxylic acids is 2. The van der Waals surface area contributed by atoms with Gasteiger partial charge in [-0.05, 0) is 62.4 Å². The van der Waals surface area contributed by atoms with Crippen LogP contribution in [0.25, 0.3) is 0 Å². The SMILES string of the molecule is CCOC(=O)C(Oc1ccc(C(F)(F)F)cc1)(Oc1ccc(C(F)(F)F)cc1)C(=O)OCC. The molecule has 0 heterocycles. The Labute approximate surface area is 184 Å². The molecule has 0 saturated heterocycles. The van der Waals surface area contributed by atoms with Crippen LogP contribution >= 0.6 is 0 Å². The Hall–Kier alpha value is -3.44. The van der Waals surface area contributed by atoms with Crippen LogP contribution in [-0.4, -0.2) is 30.9 Å². The van der Waals surface area contributed by atoms with Crippen molar-refractivity contribution >= 4 is 11.9 Å². The van der Waals surface area contributed by atoms with Gasteiger partial charge >= 0.3 is 30.1 Å². The highest BCUT2D eigenvalue weighted by Gasteiger charge is 2.56. The molecule has 0 saturated carbocycles. The van der Waals surface area contributed by atoms with Crippen molar-refractivity contribution < 1.29 is 54.9 Å². The molecule has 0 radical (unpaired) electrons. The molecule has 0 N–H and O–H groups in total. The molecule has 6 nitrogen and oxygen atoms in total. The molecule has 2 aromatic rings. The number of rotatable bonds is 8. The Kier molecular flexibility index (Phi) is 7.83. The molecule has 0 atom stereocenters. The molecule has 2 rings (SSSR count). The Morgan fingerprint density at radius 2 is 0.939 bits per heavy atom. The van der Waals surface area contributed by atoms with E-state index in [4.69, 9.17) is 18.9 Å². The van der Waals surface area contributed by atoms with E-state index in [2.05, 4.69) is 0 Å². The third-order valence-electron chi connectivity index (χ3n) is 3.97. The first kappa shape index (κ1) is 25.8. The Morgan fingerprint density at radius 1 is 0.636 bits per heavy atom. The lowest BCUT2D eigenvalue weighted by Gasteiger charge is -2.30. The van der Waals surface area contributed by atoms with Gasteiger partial charge in [-0.3, -0.25) is 0 Å². The maximum absolute atomic E-state index is 12.8. The van der Waals surface area contributed by atoms with Crippen molar-refractivity contribution in [2.75, 3.05) is 13.2 Å². The van der Waals surface area contributed by atoms with Crippen molar-refractivity contribution in [1.29, 1.82) is 0 Å². The minimum atomic E-state index is -4.66. The summed E-state index contributed by atoms with van der Waals surface area (Å²) in [6.07, 6.45) is -9.32. The quantitative estimate of drug-likeness (QED) is 0.229. The van der Waals surface area contributed by atoms with Crippen molar-refractivity contribution in [1.82, 2.24) is 0 Å². The van der Waals surface area contributed by atoms with E-state index < -0.39 is 52.7 Å². The van der Waals surface area contributed by atoms with Crippen molar-refractivity contribution in [3.05, 3.63) is 59.7 Å². The predicted molar refractivity (Wildman–Crippen MR) is 100 cm³/mol. The van der Waals surface area contributed by atoms with Crippen molar-refractivity contribution in [2.24, 2.45) is 0 Å². The number of hydrogen-bond donors (Lipinski definition) is 0. The fourth-order valence-corrected chi connectivity index (χ4v) is 2.48. The lowest BCUT2D eigenvalue weighted by molar-refractivity contribution is -0.209. The molecule has 12 heteroatoms. The third kappa shape index (κ3) is 6.30. The highest BCUT2D eigenvalue weighted by Crippen LogP contribution is 2.34. The molecule has 0 bridgehead atoms. The number of halogens is 6. The zero-order chi connectivity index (χ0) is 24.9. The van der Waals surface area contributed by atoms with Gasteiger partial charge < -0.3 is 18.9 Å². The molecule has 0 amide bonds. The van der Waals surface area contributed by atoms with Crippen LogP contribution in [0, 0.1) is 0 Å². The molecular formula is C21H18F6O6. The van der Waals surface area contributed by atoms with Gasteiger partial charge in [0.05, 0.1) is 24.3 Å². The van der Waals surface area contributed by atoms with Gasteiger partial charge in [0.15, 0.2) is 0 Å². The maximum Gasteiger partial charge on any atom is 0.453 e. The second-order valence-electron chi connectivity index (χ2n) is 6.31. The predicted octanol–water partition coefficient (Wildman–Crippen LogP) is 5.00. The van der Waals surface area contributed by atoms with Gasteiger partial charge in [-0.25, -0.2) is 9.59 Å². The highest BCUT2D eigenvalue weighted by atomic mass is 19.4. The molecule has 180 valence electrons. The molecule has 0 spiro atoms. The highest BCUT2D eigenvalue weighted by molar-refractivity contribution is 6.02. The fourth-order valence-electron chi connectivity index (χ4n) is 2.48. The summed E-state index contributed by atoms with van der Waals surface area (Å²) in [4.78, 5) is 25.4. The van der Waals surface area contributed by atoms with Crippen LogP contribution in [0.5, 0.6) is 11.5 Å². The van der Waals surface area contributed by atoms with Gasteiger partial charge in [0.25, 0.3) is 0 Å². The molecule has 0 aromatic heterocycles. The summed E-state index contributed by atoms with van der Waals surface area (Å²) in [5.74, 6) is -6.68. The average molecular weight is 480 g/mol. The van der Waals surface area contributed by atoms with E-state index in [-0.39, 0.29) is 13.2 Å². The number of carbonyl (C=O) groups is 2. The second-order valence-corrected chi connectivity index (χ2v) is 6.31. The van der Waals surface area contributed by atoms with E-state index >= 15 is 0 Å². The molecule has 0 aliphatic heterocycles. The Morgan fingerprint density at radius 3 is 1.18 bits per heavy atom. The second kappa shape index (κ2) is 10.0. The van der Waals surface area contributed by atoms with E-state index in [0.29, 0.717) is 24.3 Å². The zero-order valence-electron chi connectivity index (χ0n) is 17.3. The van der Waals surface area contributed by atoms with Crippen LogP contribution in [-0.2, 0) is 31.4 Å². The summed E-state index contributed by atoms with van der Waals surface area (Å²) in [7, 11) is 0. The molecule has 33 heavy (non-hydrogen) atoms. The van der Waals surface area contributed by atoms with Crippen LogP contribution in [0.15, 0.2) is 48.5 Å². The van der Waals surface area contributed by atoms with Crippen LogP contribution in [0.4, 0.5) is 26.3 Å².